The summed E-state index contributed by atoms with van der Waals surface area (Å²) in [6.07, 6.45) is -6.89. The molecule has 0 amide bonds. The van der Waals surface area contributed by atoms with Crippen molar-refractivity contribution < 1.29 is 53.1 Å². The molecular formula is C22H26O11. The second-order valence-electron chi connectivity index (χ2n) is 11.3. The molecule has 6 fully saturated rings. The summed E-state index contributed by atoms with van der Waals surface area (Å²) in [5.41, 5.74) is -8.44. The van der Waals surface area contributed by atoms with Crippen LogP contribution in [0.15, 0.2) is 0 Å². The standard InChI is InChI=1S/C22H26O11/c1-7-14(25)31-12-11(24)20-10-6-9(18(3,4)5)19(20)13(29-8(2)23)15(26)32-17(19)33-22(20,16(27)30-10)21(7,12)28/h7,9-13,17,24,28H,6H2,1-5H3/t7-,9+,10+,11+,12+,13+,17+,19?,20?,21-,22+/m1/s1. The highest BCUT2D eigenvalue weighted by atomic mass is 16.8. The highest BCUT2D eigenvalue weighted by Crippen LogP contribution is 2.84. The molecule has 2 spiro atoms. The molecule has 0 aromatic rings. The molecule has 0 radical (unpaired) electrons. The molecule has 2 aliphatic carbocycles. The third-order valence-corrected chi connectivity index (χ3v) is 9.25. The summed E-state index contributed by atoms with van der Waals surface area (Å²) in [6, 6.07) is 0. The van der Waals surface area contributed by atoms with Gasteiger partial charge in [-0.15, -0.1) is 0 Å². The van der Waals surface area contributed by atoms with Crippen LogP contribution in [0.3, 0.4) is 0 Å². The van der Waals surface area contributed by atoms with E-state index < -0.39 is 93.9 Å². The molecule has 0 bridgehead atoms. The minimum Gasteiger partial charge on any atom is -0.459 e. The van der Waals surface area contributed by atoms with Crippen molar-refractivity contribution in [3.05, 3.63) is 0 Å². The van der Waals surface area contributed by atoms with Gasteiger partial charge in [0.25, 0.3) is 0 Å². The maximum absolute atomic E-state index is 13.6. The quantitative estimate of drug-likeness (QED) is 0.369. The van der Waals surface area contributed by atoms with Gasteiger partial charge in [0, 0.05) is 6.92 Å². The number of aliphatic hydroxyl groups excluding tert-OH is 1. The highest BCUT2D eigenvalue weighted by molar-refractivity contribution is 5.94. The Bertz CT molecular complexity index is 1030. The van der Waals surface area contributed by atoms with Crippen molar-refractivity contribution in [2.45, 2.75) is 82.9 Å². The fourth-order valence-corrected chi connectivity index (χ4v) is 8.40. The summed E-state index contributed by atoms with van der Waals surface area (Å²) < 4.78 is 28.4. The first-order valence-electron chi connectivity index (χ1n) is 11.1. The predicted molar refractivity (Wildman–Crippen MR) is 102 cm³/mol. The summed E-state index contributed by atoms with van der Waals surface area (Å²) >= 11 is 0. The highest BCUT2D eigenvalue weighted by Gasteiger charge is 3.04. The first kappa shape index (κ1) is 21.3. The number of fused-ring (bicyclic) bond motifs is 1. The number of esters is 4. The molecule has 2 saturated carbocycles. The number of aliphatic hydroxyl groups is 2. The zero-order chi connectivity index (χ0) is 24.1. The molecular weight excluding hydrogens is 440 g/mol. The van der Waals surface area contributed by atoms with E-state index in [1.807, 2.05) is 20.8 Å². The fraction of sp³-hybridized carbons (Fsp3) is 0.818. The summed E-state index contributed by atoms with van der Waals surface area (Å²) in [7, 11) is 0. The third-order valence-electron chi connectivity index (χ3n) is 9.25. The van der Waals surface area contributed by atoms with Crippen LogP contribution in [0.5, 0.6) is 0 Å². The molecule has 2 unspecified atom stereocenters. The van der Waals surface area contributed by atoms with Gasteiger partial charge in [0.05, 0.1) is 16.7 Å². The molecule has 33 heavy (non-hydrogen) atoms. The number of ether oxygens (including phenoxy) is 5. The van der Waals surface area contributed by atoms with Crippen molar-refractivity contribution in [1.29, 1.82) is 0 Å². The number of carbonyl (C=O) groups is 4. The van der Waals surface area contributed by atoms with Crippen LogP contribution in [0.2, 0.25) is 0 Å². The summed E-state index contributed by atoms with van der Waals surface area (Å²) in [6.45, 7) is 8.27. The largest absolute Gasteiger partial charge is 0.459 e. The van der Waals surface area contributed by atoms with Crippen LogP contribution in [-0.4, -0.2) is 76.0 Å². The van der Waals surface area contributed by atoms with E-state index in [4.69, 9.17) is 23.7 Å². The Hall–Kier alpha value is -2.24. The van der Waals surface area contributed by atoms with E-state index in [1.54, 1.807) is 0 Å². The maximum atomic E-state index is 13.6. The minimum atomic E-state index is -2.29. The Kier molecular flexibility index (Phi) is 3.57. The van der Waals surface area contributed by atoms with E-state index in [2.05, 4.69) is 0 Å². The van der Waals surface area contributed by atoms with Gasteiger partial charge < -0.3 is 33.9 Å². The SMILES string of the molecule is CC(=O)O[C@H]1C(=O)O[C@H]2O[C@@]34C(=O)O[C@H]5C[C@@H](C(C)(C)C)C21C53[C@@H](O)[C@@H]1OC(=O)[C@@H](C)[C@@]14O. The van der Waals surface area contributed by atoms with E-state index in [0.717, 1.165) is 6.92 Å². The number of rotatable bonds is 1. The van der Waals surface area contributed by atoms with Crippen LogP contribution in [0.1, 0.15) is 41.0 Å². The van der Waals surface area contributed by atoms with E-state index >= 15 is 0 Å². The monoisotopic (exact) mass is 466 g/mol. The van der Waals surface area contributed by atoms with Crippen molar-refractivity contribution >= 4 is 23.9 Å². The molecule has 4 aliphatic heterocycles. The third kappa shape index (κ3) is 1.71. The Morgan fingerprint density at radius 2 is 1.79 bits per heavy atom. The Morgan fingerprint density at radius 3 is 2.39 bits per heavy atom. The van der Waals surface area contributed by atoms with Gasteiger partial charge in [-0.3, -0.25) is 9.59 Å². The number of carbonyl (C=O) groups excluding carboxylic acids is 4. The molecule has 6 rings (SSSR count). The van der Waals surface area contributed by atoms with E-state index in [9.17, 15) is 29.4 Å². The van der Waals surface area contributed by atoms with Crippen LogP contribution >= 0.6 is 0 Å². The summed E-state index contributed by atoms with van der Waals surface area (Å²) in [5, 5.41) is 23.8. The Morgan fingerprint density at radius 1 is 1.12 bits per heavy atom. The van der Waals surface area contributed by atoms with Crippen molar-refractivity contribution in [1.82, 2.24) is 0 Å². The van der Waals surface area contributed by atoms with Gasteiger partial charge in [-0.05, 0) is 24.7 Å². The molecule has 11 atom stereocenters. The lowest BCUT2D eigenvalue weighted by molar-refractivity contribution is -0.239. The zero-order valence-corrected chi connectivity index (χ0v) is 18.8. The first-order chi connectivity index (χ1) is 15.2. The van der Waals surface area contributed by atoms with E-state index in [0.29, 0.717) is 0 Å². The van der Waals surface area contributed by atoms with Crippen LogP contribution in [-0.2, 0) is 42.9 Å². The van der Waals surface area contributed by atoms with Crippen molar-refractivity contribution in [2.24, 2.45) is 28.1 Å². The molecule has 4 saturated heterocycles. The van der Waals surface area contributed by atoms with Gasteiger partial charge in [0.15, 0.2) is 11.7 Å². The van der Waals surface area contributed by atoms with Crippen molar-refractivity contribution in [3.63, 3.8) is 0 Å². The topological polar surface area (TPSA) is 155 Å². The second kappa shape index (κ2) is 5.52. The van der Waals surface area contributed by atoms with Crippen molar-refractivity contribution in [2.75, 3.05) is 0 Å². The first-order valence-corrected chi connectivity index (χ1v) is 11.1. The van der Waals surface area contributed by atoms with E-state index in [-0.39, 0.29) is 6.42 Å². The lowest BCUT2D eigenvalue weighted by Gasteiger charge is -2.48. The molecule has 0 aromatic carbocycles. The zero-order valence-electron chi connectivity index (χ0n) is 18.8. The van der Waals surface area contributed by atoms with Crippen LogP contribution in [0.4, 0.5) is 0 Å². The smallest absolute Gasteiger partial charge is 0.350 e. The number of hydrogen-bond donors (Lipinski definition) is 2. The van der Waals surface area contributed by atoms with Gasteiger partial charge in [0.2, 0.25) is 18.0 Å². The maximum Gasteiger partial charge on any atom is 0.350 e. The predicted octanol–water partition coefficient (Wildman–Crippen LogP) is -0.799. The van der Waals surface area contributed by atoms with Crippen LogP contribution in [0.25, 0.3) is 0 Å². The summed E-state index contributed by atoms with van der Waals surface area (Å²) in [5.74, 6) is -5.12. The normalized spacial score (nSPS) is 55.5. The molecule has 11 nitrogen and oxygen atoms in total. The molecule has 0 aromatic heterocycles. The fourth-order valence-electron chi connectivity index (χ4n) is 8.40. The molecule has 6 aliphatic rings. The van der Waals surface area contributed by atoms with Crippen molar-refractivity contribution in [3.8, 4) is 0 Å². The van der Waals surface area contributed by atoms with Crippen LogP contribution < -0.4 is 0 Å². The Balaban J connectivity index is 1.71. The molecule has 11 heteroatoms. The van der Waals surface area contributed by atoms with Gasteiger partial charge >= 0.3 is 23.9 Å². The molecule has 180 valence electrons. The number of hydrogen-bond acceptors (Lipinski definition) is 11. The van der Waals surface area contributed by atoms with Gasteiger partial charge in [-0.2, -0.15) is 0 Å². The van der Waals surface area contributed by atoms with Gasteiger partial charge in [-0.25, -0.2) is 9.59 Å². The molecule has 2 N–H and O–H groups in total. The average Bonchev–Trinajstić information content (AvgIpc) is 3.40. The second-order valence-corrected chi connectivity index (χ2v) is 11.3. The van der Waals surface area contributed by atoms with Gasteiger partial charge in [0.1, 0.15) is 12.2 Å². The lowest BCUT2D eigenvalue weighted by Crippen LogP contribution is -2.67. The average molecular weight is 466 g/mol. The Labute approximate surface area is 188 Å². The molecule has 4 heterocycles. The van der Waals surface area contributed by atoms with Crippen LogP contribution in [0, 0.1) is 28.1 Å². The minimum absolute atomic E-state index is 0.202. The lowest BCUT2D eigenvalue weighted by atomic mass is 9.51. The van der Waals surface area contributed by atoms with E-state index in [1.165, 1.54) is 6.92 Å². The van der Waals surface area contributed by atoms with Gasteiger partial charge in [-0.1, -0.05) is 20.8 Å². The summed E-state index contributed by atoms with van der Waals surface area (Å²) in [4.78, 5) is 51.2.